The standard InChI is InChI=1S/C16H13N3O4S2/c1-22-12-9-10(18-16(21)23-13-3-2-7-24-13)4-5-11(12)14(20)19-15-17-6-8-25-15/h2-9H,1H3,(H,18,21)(H,17,19,20). The monoisotopic (exact) mass is 375 g/mol. The molecule has 0 aliphatic heterocycles. The van der Waals surface area contributed by atoms with Gasteiger partial charge in [0.25, 0.3) is 5.91 Å². The predicted octanol–water partition coefficient (Wildman–Crippen LogP) is 4.08. The smallest absolute Gasteiger partial charge is 0.417 e. The van der Waals surface area contributed by atoms with Crippen molar-refractivity contribution in [2.45, 2.75) is 0 Å². The van der Waals surface area contributed by atoms with E-state index in [0.29, 0.717) is 27.2 Å². The Bertz CT molecular complexity index is 864. The molecule has 1 aromatic carbocycles. The highest BCUT2D eigenvalue weighted by Crippen LogP contribution is 2.25. The first kappa shape index (κ1) is 16.9. The molecule has 9 heteroatoms. The first-order valence-electron chi connectivity index (χ1n) is 7.07. The van der Waals surface area contributed by atoms with Gasteiger partial charge >= 0.3 is 6.09 Å². The van der Waals surface area contributed by atoms with E-state index < -0.39 is 6.09 Å². The lowest BCUT2D eigenvalue weighted by atomic mass is 10.1. The number of ether oxygens (including phenoxy) is 2. The maximum atomic E-state index is 12.3. The summed E-state index contributed by atoms with van der Waals surface area (Å²) in [6.45, 7) is 0. The van der Waals surface area contributed by atoms with Crippen LogP contribution in [-0.2, 0) is 0 Å². The van der Waals surface area contributed by atoms with Gasteiger partial charge in [-0.2, -0.15) is 0 Å². The molecule has 0 aliphatic rings. The number of benzene rings is 1. The van der Waals surface area contributed by atoms with Crippen LogP contribution >= 0.6 is 22.7 Å². The van der Waals surface area contributed by atoms with Gasteiger partial charge in [0.05, 0.1) is 12.7 Å². The molecule has 0 bridgehead atoms. The number of hydrogen-bond donors (Lipinski definition) is 2. The summed E-state index contributed by atoms with van der Waals surface area (Å²) in [5.41, 5.74) is 0.777. The Balaban J connectivity index is 1.70. The summed E-state index contributed by atoms with van der Waals surface area (Å²) in [5, 5.41) is 9.82. The van der Waals surface area contributed by atoms with Crippen LogP contribution in [0.3, 0.4) is 0 Å². The number of carbonyl (C=O) groups excluding carboxylic acids is 2. The molecule has 3 rings (SSSR count). The molecule has 0 saturated heterocycles. The first-order chi connectivity index (χ1) is 12.2. The van der Waals surface area contributed by atoms with Crippen molar-refractivity contribution in [2.75, 3.05) is 17.7 Å². The summed E-state index contributed by atoms with van der Waals surface area (Å²) in [6, 6.07) is 8.17. The summed E-state index contributed by atoms with van der Waals surface area (Å²) in [4.78, 5) is 28.2. The van der Waals surface area contributed by atoms with E-state index in [1.165, 1.54) is 29.8 Å². The molecule has 0 spiro atoms. The van der Waals surface area contributed by atoms with Gasteiger partial charge in [-0.1, -0.05) is 0 Å². The minimum atomic E-state index is -0.621. The Kier molecular flexibility index (Phi) is 5.26. The van der Waals surface area contributed by atoms with Crippen molar-refractivity contribution in [3.05, 3.63) is 52.9 Å². The number of thiazole rings is 1. The summed E-state index contributed by atoms with van der Waals surface area (Å²) in [6.07, 6.45) is 0.980. The quantitative estimate of drug-likeness (QED) is 0.701. The Labute approximate surface area is 151 Å². The van der Waals surface area contributed by atoms with Gasteiger partial charge in [-0.05, 0) is 29.6 Å². The third-order valence-corrected chi connectivity index (χ3v) is 4.47. The molecular formula is C16H13N3O4S2. The van der Waals surface area contributed by atoms with Crippen molar-refractivity contribution in [1.29, 1.82) is 0 Å². The number of anilines is 2. The van der Waals surface area contributed by atoms with Crippen molar-refractivity contribution >= 4 is 45.5 Å². The van der Waals surface area contributed by atoms with Crippen LogP contribution in [0.4, 0.5) is 15.6 Å². The number of nitrogens with one attached hydrogen (secondary N) is 2. The van der Waals surface area contributed by atoms with Crippen LogP contribution in [0.25, 0.3) is 0 Å². The zero-order valence-electron chi connectivity index (χ0n) is 13.0. The number of thiophene rings is 1. The second kappa shape index (κ2) is 7.77. The fourth-order valence-electron chi connectivity index (χ4n) is 1.96. The topological polar surface area (TPSA) is 89.5 Å². The van der Waals surface area contributed by atoms with Gasteiger partial charge in [0.2, 0.25) is 0 Å². The number of nitrogens with zero attached hydrogens (tertiary/aromatic N) is 1. The number of amides is 2. The van der Waals surface area contributed by atoms with Crippen LogP contribution in [-0.4, -0.2) is 24.1 Å². The summed E-state index contributed by atoms with van der Waals surface area (Å²) in [5.74, 6) is -0.0255. The van der Waals surface area contributed by atoms with Crippen LogP contribution in [0.2, 0.25) is 0 Å². The van der Waals surface area contributed by atoms with Crippen molar-refractivity contribution < 1.29 is 19.1 Å². The van der Waals surface area contributed by atoms with E-state index in [4.69, 9.17) is 9.47 Å². The maximum absolute atomic E-state index is 12.3. The molecule has 2 aromatic heterocycles. The zero-order chi connectivity index (χ0) is 17.6. The van der Waals surface area contributed by atoms with Crippen molar-refractivity contribution in [1.82, 2.24) is 4.98 Å². The molecule has 0 saturated carbocycles. The molecule has 3 aromatic rings. The number of hydrogen-bond acceptors (Lipinski definition) is 7. The second-order valence-corrected chi connectivity index (χ2v) is 6.46. The average molecular weight is 375 g/mol. The largest absolute Gasteiger partial charge is 0.496 e. The van der Waals surface area contributed by atoms with Crippen LogP contribution in [0.15, 0.2) is 47.3 Å². The van der Waals surface area contributed by atoms with Crippen molar-refractivity contribution in [2.24, 2.45) is 0 Å². The van der Waals surface area contributed by atoms with E-state index in [-0.39, 0.29) is 5.91 Å². The van der Waals surface area contributed by atoms with E-state index in [1.54, 1.807) is 41.9 Å². The second-order valence-electron chi connectivity index (χ2n) is 4.65. The fourth-order valence-corrected chi connectivity index (χ4v) is 3.06. The lowest BCUT2D eigenvalue weighted by Crippen LogP contribution is -2.17. The fraction of sp³-hybridized carbons (Fsp3) is 0.0625. The molecule has 0 radical (unpaired) electrons. The third kappa shape index (κ3) is 4.34. The van der Waals surface area contributed by atoms with E-state index >= 15 is 0 Å². The number of aromatic nitrogens is 1. The van der Waals surface area contributed by atoms with Gasteiger partial charge in [-0.15, -0.1) is 22.7 Å². The number of methoxy groups -OCH3 is 1. The summed E-state index contributed by atoms with van der Waals surface area (Å²) < 4.78 is 10.4. The Morgan fingerprint density at radius 2 is 2.00 bits per heavy atom. The van der Waals surface area contributed by atoms with Crippen LogP contribution in [0.1, 0.15) is 10.4 Å². The molecule has 25 heavy (non-hydrogen) atoms. The predicted molar refractivity (Wildman–Crippen MR) is 97.0 cm³/mol. The van der Waals surface area contributed by atoms with Gasteiger partial charge in [-0.3, -0.25) is 15.4 Å². The Morgan fingerprint density at radius 3 is 2.68 bits per heavy atom. The highest BCUT2D eigenvalue weighted by atomic mass is 32.1. The number of carbonyl (C=O) groups is 2. The highest BCUT2D eigenvalue weighted by Gasteiger charge is 2.15. The molecule has 2 heterocycles. The molecule has 0 atom stereocenters. The lowest BCUT2D eigenvalue weighted by Gasteiger charge is -2.11. The van der Waals surface area contributed by atoms with Crippen molar-refractivity contribution in [3.8, 4) is 10.8 Å². The normalized spacial score (nSPS) is 10.1. The zero-order valence-corrected chi connectivity index (χ0v) is 14.6. The number of rotatable bonds is 5. The SMILES string of the molecule is COc1cc(NC(=O)Oc2cccs2)ccc1C(=O)Nc1nccs1. The minimum absolute atomic E-state index is 0.322. The first-order valence-corrected chi connectivity index (χ1v) is 8.83. The van der Waals surface area contributed by atoms with Crippen molar-refractivity contribution in [3.63, 3.8) is 0 Å². The average Bonchev–Trinajstić information content (AvgIpc) is 3.28. The Hall–Kier alpha value is -2.91. The van der Waals surface area contributed by atoms with Gasteiger partial charge < -0.3 is 9.47 Å². The highest BCUT2D eigenvalue weighted by molar-refractivity contribution is 7.13. The molecule has 7 nitrogen and oxygen atoms in total. The summed E-state index contributed by atoms with van der Waals surface area (Å²) in [7, 11) is 1.45. The van der Waals surface area contributed by atoms with Crippen LogP contribution in [0.5, 0.6) is 10.8 Å². The molecule has 0 unspecified atom stereocenters. The molecule has 2 amide bonds. The molecular weight excluding hydrogens is 362 g/mol. The van der Waals surface area contributed by atoms with Crippen LogP contribution < -0.4 is 20.1 Å². The van der Waals surface area contributed by atoms with Gasteiger partial charge in [0.1, 0.15) is 5.75 Å². The van der Waals surface area contributed by atoms with E-state index in [9.17, 15) is 9.59 Å². The molecule has 128 valence electrons. The van der Waals surface area contributed by atoms with E-state index in [2.05, 4.69) is 15.6 Å². The third-order valence-electron chi connectivity index (χ3n) is 3.03. The van der Waals surface area contributed by atoms with Gasteiger partial charge in [-0.25, -0.2) is 9.78 Å². The van der Waals surface area contributed by atoms with Gasteiger partial charge in [0.15, 0.2) is 10.2 Å². The minimum Gasteiger partial charge on any atom is -0.496 e. The summed E-state index contributed by atoms with van der Waals surface area (Å²) >= 11 is 2.63. The molecule has 0 aliphatic carbocycles. The molecule has 2 N–H and O–H groups in total. The van der Waals surface area contributed by atoms with E-state index in [1.807, 2.05) is 5.38 Å². The van der Waals surface area contributed by atoms with E-state index in [0.717, 1.165) is 0 Å². The van der Waals surface area contributed by atoms with Crippen LogP contribution in [0, 0.1) is 0 Å². The van der Waals surface area contributed by atoms with Gasteiger partial charge in [0, 0.05) is 23.3 Å². The maximum Gasteiger partial charge on any atom is 0.417 e. The lowest BCUT2D eigenvalue weighted by molar-refractivity contribution is 0.102. The Morgan fingerprint density at radius 1 is 1.12 bits per heavy atom. The molecule has 0 fully saturated rings.